The Bertz CT molecular complexity index is 369. The maximum absolute atomic E-state index is 8.58. The predicted molar refractivity (Wildman–Crippen MR) is 68.6 cm³/mol. The summed E-state index contributed by atoms with van der Waals surface area (Å²) in [7, 11) is 1.92. The third-order valence-corrected chi connectivity index (χ3v) is 2.41. The summed E-state index contributed by atoms with van der Waals surface area (Å²) in [5.41, 5.74) is 7.15. The molecule has 0 heterocycles. The molecule has 5 heteroatoms. The molecule has 0 aliphatic rings. The first-order valence-electron chi connectivity index (χ1n) is 5.50. The van der Waals surface area contributed by atoms with Gasteiger partial charge in [-0.25, -0.2) is 0 Å². The molecule has 0 bridgehead atoms. The summed E-state index contributed by atoms with van der Waals surface area (Å²) < 4.78 is 5.20. The molecule has 1 rings (SSSR count). The van der Waals surface area contributed by atoms with E-state index in [4.69, 9.17) is 21.0 Å². The Balaban J connectivity index is 2.62. The van der Waals surface area contributed by atoms with Gasteiger partial charge in [0.2, 0.25) is 0 Å². The fourth-order valence-corrected chi connectivity index (χ4v) is 1.52. The smallest absolute Gasteiger partial charge is 0.124 e. The van der Waals surface area contributed by atoms with Crippen molar-refractivity contribution in [1.29, 1.82) is 5.41 Å². The molecule has 1 aromatic rings. The van der Waals surface area contributed by atoms with E-state index in [0.717, 1.165) is 11.3 Å². The van der Waals surface area contributed by atoms with E-state index in [1.54, 1.807) is 0 Å². The van der Waals surface area contributed by atoms with Crippen LogP contribution in [0.4, 0.5) is 5.69 Å². The van der Waals surface area contributed by atoms with Crippen molar-refractivity contribution >= 4 is 11.5 Å². The van der Waals surface area contributed by atoms with Crippen LogP contribution in [0.15, 0.2) is 24.3 Å². The molecule has 0 fully saturated rings. The lowest BCUT2D eigenvalue weighted by atomic mass is 10.1. The van der Waals surface area contributed by atoms with Crippen molar-refractivity contribution in [2.45, 2.75) is 0 Å². The largest absolute Gasteiger partial charge is 0.394 e. The number of rotatable bonds is 7. The summed E-state index contributed by atoms with van der Waals surface area (Å²) in [5, 5.41) is 16.1. The van der Waals surface area contributed by atoms with Crippen molar-refractivity contribution in [2.24, 2.45) is 5.73 Å². The molecule has 1 aromatic carbocycles. The Kier molecular flexibility index (Phi) is 5.45. The van der Waals surface area contributed by atoms with E-state index in [1.165, 1.54) is 0 Å². The molecule has 0 aromatic heterocycles. The van der Waals surface area contributed by atoms with E-state index in [2.05, 4.69) is 0 Å². The highest BCUT2D eigenvalue weighted by molar-refractivity contribution is 6.00. The lowest BCUT2D eigenvalue weighted by Gasteiger charge is -2.21. The monoisotopic (exact) mass is 237 g/mol. The lowest BCUT2D eigenvalue weighted by molar-refractivity contribution is 0.0971. The Hall–Kier alpha value is -1.59. The van der Waals surface area contributed by atoms with Crippen LogP contribution in [0.25, 0.3) is 0 Å². The number of ether oxygens (including phenoxy) is 1. The van der Waals surface area contributed by atoms with Gasteiger partial charge in [-0.1, -0.05) is 12.1 Å². The van der Waals surface area contributed by atoms with Gasteiger partial charge in [-0.15, -0.1) is 0 Å². The highest BCUT2D eigenvalue weighted by atomic mass is 16.5. The zero-order valence-corrected chi connectivity index (χ0v) is 10.0. The van der Waals surface area contributed by atoms with Gasteiger partial charge in [-0.2, -0.15) is 0 Å². The van der Waals surface area contributed by atoms with Crippen LogP contribution in [0.5, 0.6) is 0 Å². The van der Waals surface area contributed by atoms with Crippen LogP contribution >= 0.6 is 0 Å². The number of para-hydroxylation sites is 1. The quantitative estimate of drug-likeness (QED) is 0.364. The second kappa shape index (κ2) is 6.88. The van der Waals surface area contributed by atoms with Gasteiger partial charge in [0.15, 0.2) is 0 Å². The third kappa shape index (κ3) is 4.05. The summed E-state index contributed by atoms with van der Waals surface area (Å²) in [4.78, 5) is 1.98. The lowest BCUT2D eigenvalue weighted by Crippen LogP contribution is -2.26. The molecule has 0 atom stereocenters. The molecule has 94 valence electrons. The minimum atomic E-state index is 0.0355. The number of aliphatic hydroxyl groups excluding tert-OH is 1. The molecule has 0 saturated carbocycles. The average Bonchev–Trinajstić information content (AvgIpc) is 2.34. The van der Waals surface area contributed by atoms with Crippen LogP contribution in [-0.2, 0) is 4.74 Å². The second-order valence-electron chi connectivity index (χ2n) is 3.69. The Labute approximate surface area is 101 Å². The minimum Gasteiger partial charge on any atom is -0.394 e. The highest BCUT2D eigenvalue weighted by Gasteiger charge is 2.08. The molecule has 5 nitrogen and oxygen atoms in total. The molecule has 0 radical (unpaired) electrons. The Morgan fingerprint density at radius 1 is 1.41 bits per heavy atom. The molecule has 17 heavy (non-hydrogen) atoms. The molecule has 0 spiro atoms. The summed E-state index contributed by atoms with van der Waals surface area (Å²) in [5.74, 6) is 0.0590. The summed E-state index contributed by atoms with van der Waals surface area (Å²) >= 11 is 0. The van der Waals surface area contributed by atoms with Crippen LogP contribution in [-0.4, -0.2) is 44.4 Å². The molecule has 0 unspecified atom stereocenters. The van der Waals surface area contributed by atoms with Crippen molar-refractivity contribution in [3.05, 3.63) is 29.8 Å². The number of amidine groups is 1. The van der Waals surface area contributed by atoms with Crippen LogP contribution < -0.4 is 10.6 Å². The number of nitrogens with one attached hydrogen (secondary N) is 1. The van der Waals surface area contributed by atoms with Crippen molar-refractivity contribution < 1.29 is 9.84 Å². The fraction of sp³-hybridized carbons (Fsp3) is 0.417. The highest BCUT2D eigenvalue weighted by Crippen LogP contribution is 2.18. The fourth-order valence-electron chi connectivity index (χ4n) is 1.52. The molecule has 0 saturated heterocycles. The predicted octanol–water partition coefficient (Wildman–Crippen LogP) is 0.416. The van der Waals surface area contributed by atoms with Crippen molar-refractivity contribution in [1.82, 2.24) is 0 Å². The number of anilines is 1. The van der Waals surface area contributed by atoms with Gasteiger partial charge in [-0.3, -0.25) is 5.41 Å². The maximum Gasteiger partial charge on any atom is 0.124 e. The van der Waals surface area contributed by atoms with Gasteiger partial charge < -0.3 is 20.5 Å². The molecule has 4 N–H and O–H groups in total. The summed E-state index contributed by atoms with van der Waals surface area (Å²) in [6, 6.07) is 7.51. The van der Waals surface area contributed by atoms with Crippen molar-refractivity contribution in [3.8, 4) is 0 Å². The SMILES string of the molecule is CN(CCOCCO)c1ccccc1C(=N)N. The maximum atomic E-state index is 8.58. The van der Waals surface area contributed by atoms with Gasteiger partial charge in [0.25, 0.3) is 0 Å². The molecule has 0 amide bonds. The Morgan fingerprint density at radius 2 is 2.12 bits per heavy atom. The normalized spacial score (nSPS) is 10.2. The zero-order chi connectivity index (χ0) is 12.7. The molecular weight excluding hydrogens is 218 g/mol. The van der Waals surface area contributed by atoms with E-state index >= 15 is 0 Å². The molecule has 0 aliphatic carbocycles. The van der Waals surface area contributed by atoms with Crippen molar-refractivity contribution in [2.75, 3.05) is 38.3 Å². The number of likely N-dealkylation sites (N-methyl/N-ethyl adjacent to an activating group) is 1. The van der Waals surface area contributed by atoms with E-state index in [-0.39, 0.29) is 12.4 Å². The van der Waals surface area contributed by atoms with Gasteiger partial charge in [0.05, 0.1) is 19.8 Å². The van der Waals surface area contributed by atoms with Crippen molar-refractivity contribution in [3.63, 3.8) is 0 Å². The first kappa shape index (κ1) is 13.5. The van der Waals surface area contributed by atoms with Gasteiger partial charge in [-0.05, 0) is 12.1 Å². The minimum absolute atomic E-state index is 0.0355. The number of benzene rings is 1. The Morgan fingerprint density at radius 3 is 2.76 bits per heavy atom. The van der Waals surface area contributed by atoms with Gasteiger partial charge >= 0.3 is 0 Å². The number of nitrogen functional groups attached to an aromatic ring is 1. The van der Waals surface area contributed by atoms with E-state index in [0.29, 0.717) is 19.8 Å². The van der Waals surface area contributed by atoms with E-state index < -0.39 is 0 Å². The topological polar surface area (TPSA) is 82.6 Å². The first-order chi connectivity index (χ1) is 8.16. The number of hydrogen-bond donors (Lipinski definition) is 3. The van der Waals surface area contributed by atoms with Crippen LogP contribution in [0.1, 0.15) is 5.56 Å². The number of aliphatic hydroxyl groups is 1. The number of nitrogens with zero attached hydrogens (tertiary/aromatic N) is 1. The van der Waals surface area contributed by atoms with Crippen LogP contribution in [0.2, 0.25) is 0 Å². The van der Waals surface area contributed by atoms with E-state index in [9.17, 15) is 0 Å². The van der Waals surface area contributed by atoms with Gasteiger partial charge in [0, 0.05) is 24.8 Å². The summed E-state index contributed by atoms with van der Waals surface area (Å²) in [6.45, 7) is 1.60. The van der Waals surface area contributed by atoms with E-state index in [1.807, 2.05) is 36.2 Å². The van der Waals surface area contributed by atoms with Crippen LogP contribution in [0.3, 0.4) is 0 Å². The average molecular weight is 237 g/mol. The van der Waals surface area contributed by atoms with Crippen LogP contribution in [0, 0.1) is 5.41 Å². The number of hydrogen-bond acceptors (Lipinski definition) is 4. The summed E-state index contributed by atoms with van der Waals surface area (Å²) in [6.07, 6.45) is 0. The second-order valence-corrected chi connectivity index (χ2v) is 3.69. The number of nitrogens with two attached hydrogens (primary N) is 1. The molecule has 0 aliphatic heterocycles. The first-order valence-corrected chi connectivity index (χ1v) is 5.50. The third-order valence-electron chi connectivity index (χ3n) is 2.41. The van der Waals surface area contributed by atoms with Gasteiger partial charge in [0.1, 0.15) is 5.84 Å². The molecular formula is C12H19N3O2. The standard InChI is InChI=1S/C12H19N3O2/c1-15(6-8-17-9-7-16)11-5-3-2-4-10(11)12(13)14/h2-5,16H,6-9H2,1H3,(H3,13,14). The zero-order valence-electron chi connectivity index (χ0n) is 10.0.